The van der Waals surface area contributed by atoms with Gasteiger partial charge in [-0.15, -0.1) is 23.1 Å². The summed E-state index contributed by atoms with van der Waals surface area (Å²) in [4.78, 5) is 13.5. The van der Waals surface area contributed by atoms with Crippen LogP contribution in [0.1, 0.15) is 13.3 Å². The molecule has 0 saturated carbocycles. The number of nitrogens with zero attached hydrogens (tertiary/aromatic N) is 2. The van der Waals surface area contributed by atoms with Gasteiger partial charge in [-0.25, -0.2) is 0 Å². The zero-order valence-electron chi connectivity index (χ0n) is 9.34. The van der Waals surface area contributed by atoms with Crippen LogP contribution >= 0.6 is 23.1 Å². The Morgan fingerprint density at radius 2 is 2.50 bits per heavy atom. The lowest BCUT2D eigenvalue weighted by Crippen LogP contribution is -2.33. The minimum Gasteiger partial charge on any atom is -0.344 e. The topological polar surface area (TPSA) is 44.1 Å². The fraction of sp³-hybridized carbons (Fsp3) is 0.455. The summed E-state index contributed by atoms with van der Waals surface area (Å²) in [5.74, 6) is 0.0775. The number of thioether (sulfide) groups is 1. The molecule has 1 heterocycles. The molecular formula is C11H14N2OS2. The van der Waals surface area contributed by atoms with E-state index < -0.39 is 0 Å². The molecule has 0 bridgehead atoms. The first-order valence-corrected chi connectivity index (χ1v) is 6.73. The number of thiophene rings is 1. The van der Waals surface area contributed by atoms with E-state index in [9.17, 15) is 4.79 Å². The number of nitriles is 1. The molecule has 1 amide bonds. The Labute approximate surface area is 104 Å². The predicted molar refractivity (Wildman–Crippen MR) is 67.5 cm³/mol. The van der Waals surface area contributed by atoms with Gasteiger partial charge in [0, 0.05) is 13.6 Å². The van der Waals surface area contributed by atoms with Crippen molar-refractivity contribution in [3.8, 4) is 6.07 Å². The molecule has 1 atom stereocenters. The van der Waals surface area contributed by atoms with E-state index >= 15 is 0 Å². The zero-order chi connectivity index (χ0) is 12.0. The molecule has 0 aliphatic heterocycles. The molecule has 0 N–H and O–H groups in total. The zero-order valence-corrected chi connectivity index (χ0v) is 11.0. The summed E-state index contributed by atoms with van der Waals surface area (Å²) in [7, 11) is 1.74. The number of hydrogen-bond acceptors (Lipinski definition) is 4. The van der Waals surface area contributed by atoms with Crippen molar-refractivity contribution < 1.29 is 4.79 Å². The Kier molecular flexibility index (Phi) is 5.36. The Balaban J connectivity index is 2.44. The van der Waals surface area contributed by atoms with Crippen molar-refractivity contribution in [2.45, 2.75) is 22.8 Å². The molecule has 86 valence electrons. The quantitative estimate of drug-likeness (QED) is 0.759. The second-order valence-corrected chi connectivity index (χ2v) is 5.95. The lowest BCUT2D eigenvalue weighted by atomic mass is 10.3. The molecule has 0 radical (unpaired) electrons. The van der Waals surface area contributed by atoms with Crippen molar-refractivity contribution in [2.24, 2.45) is 0 Å². The van der Waals surface area contributed by atoms with E-state index in [0.717, 1.165) is 4.21 Å². The summed E-state index contributed by atoms with van der Waals surface area (Å²) in [5, 5.41) is 10.4. The van der Waals surface area contributed by atoms with Gasteiger partial charge >= 0.3 is 0 Å². The number of carbonyl (C=O) groups excluding carboxylic acids is 1. The molecule has 5 heteroatoms. The van der Waals surface area contributed by atoms with Crippen LogP contribution in [-0.4, -0.2) is 29.6 Å². The van der Waals surface area contributed by atoms with Gasteiger partial charge in [0.25, 0.3) is 0 Å². The molecule has 1 rings (SSSR count). The Morgan fingerprint density at radius 1 is 1.75 bits per heavy atom. The molecule has 0 aliphatic carbocycles. The summed E-state index contributed by atoms with van der Waals surface area (Å²) in [6.45, 7) is 2.40. The highest BCUT2D eigenvalue weighted by Crippen LogP contribution is 2.28. The monoisotopic (exact) mass is 254 g/mol. The second-order valence-electron chi connectivity index (χ2n) is 3.36. The largest absolute Gasteiger partial charge is 0.344 e. The summed E-state index contributed by atoms with van der Waals surface area (Å²) >= 11 is 3.20. The van der Waals surface area contributed by atoms with Crippen molar-refractivity contribution in [1.29, 1.82) is 5.26 Å². The normalized spacial score (nSPS) is 11.8. The van der Waals surface area contributed by atoms with Gasteiger partial charge in [-0.3, -0.25) is 4.79 Å². The Bertz CT molecular complexity index is 370. The van der Waals surface area contributed by atoms with Crippen molar-refractivity contribution >= 4 is 29.0 Å². The van der Waals surface area contributed by atoms with Gasteiger partial charge in [-0.05, 0) is 18.4 Å². The lowest BCUT2D eigenvalue weighted by molar-refractivity contribution is -0.128. The lowest BCUT2D eigenvalue weighted by Gasteiger charge is -2.19. The van der Waals surface area contributed by atoms with Gasteiger partial charge in [-0.1, -0.05) is 6.07 Å². The van der Waals surface area contributed by atoms with E-state index in [-0.39, 0.29) is 11.2 Å². The van der Waals surface area contributed by atoms with Crippen molar-refractivity contribution in [3.05, 3.63) is 17.5 Å². The van der Waals surface area contributed by atoms with E-state index in [1.807, 2.05) is 30.5 Å². The highest BCUT2D eigenvalue weighted by molar-refractivity contribution is 8.02. The van der Waals surface area contributed by atoms with Gasteiger partial charge in [-0.2, -0.15) is 5.26 Å². The summed E-state index contributed by atoms with van der Waals surface area (Å²) in [6, 6.07) is 6.02. The second kappa shape index (κ2) is 6.56. The number of hydrogen-bond donors (Lipinski definition) is 0. The molecule has 0 spiro atoms. The highest BCUT2D eigenvalue weighted by atomic mass is 32.2. The van der Waals surface area contributed by atoms with Gasteiger partial charge in [0.15, 0.2) is 0 Å². The molecule has 16 heavy (non-hydrogen) atoms. The van der Waals surface area contributed by atoms with E-state index in [1.165, 1.54) is 0 Å². The van der Waals surface area contributed by atoms with E-state index in [4.69, 9.17) is 5.26 Å². The molecule has 1 aromatic rings. The van der Waals surface area contributed by atoms with Crippen molar-refractivity contribution in [3.63, 3.8) is 0 Å². The maximum absolute atomic E-state index is 11.9. The van der Waals surface area contributed by atoms with Crippen LogP contribution in [0.2, 0.25) is 0 Å². The maximum Gasteiger partial charge on any atom is 0.235 e. The van der Waals surface area contributed by atoms with Crippen LogP contribution in [0, 0.1) is 11.3 Å². The molecule has 0 aliphatic rings. The minimum absolute atomic E-state index is 0.0775. The Morgan fingerprint density at radius 3 is 3.06 bits per heavy atom. The molecule has 0 fully saturated rings. The number of rotatable bonds is 5. The first-order valence-electron chi connectivity index (χ1n) is 4.97. The highest BCUT2D eigenvalue weighted by Gasteiger charge is 2.18. The average Bonchev–Trinajstić information content (AvgIpc) is 2.77. The van der Waals surface area contributed by atoms with Crippen LogP contribution in [0.5, 0.6) is 0 Å². The SMILES string of the molecule is C[C@@H](Sc1cccs1)C(=O)N(C)CCC#N. The fourth-order valence-corrected chi connectivity index (χ4v) is 3.25. The van der Waals surface area contributed by atoms with E-state index in [1.54, 1.807) is 35.0 Å². The summed E-state index contributed by atoms with van der Waals surface area (Å²) < 4.78 is 1.15. The third-order valence-electron chi connectivity index (χ3n) is 2.07. The van der Waals surface area contributed by atoms with Crippen LogP contribution in [0.4, 0.5) is 0 Å². The minimum atomic E-state index is -0.0951. The van der Waals surface area contributed by atoms with Gasteiger partial charge in [0.05, 0.1) is 21.9 Å². The predicted octanol–water partition coefficient (Wildman–Crippen LogP) is 2.60. The summed E-state index contributed by atoms with van der Waals surface area (Å²) in [6.07, 6.45) is 0.388. The molecular weight excluding hydrogens is 240 g/mol. The van der Waals surface area contributed by atoms with Crippen LogP contribution in [0.25, 0.3) is 0 Å². The van der Waals surface area contributed by atoms with Crippen molar-refractivity contribution in [2.75, 3.05) is 13.6 Å². The first-order chi connectivity index (χ1) is 7.65. The van der Waals surface area contributed by atoms with Gasteiger partial charge < -0.3 is 4.90 Å². The summed E-state index contributed by atoms with van der Waals surface area (Å²) in [5.41, 5.74) is 0. The third-order valence-corrected chi connectivity index (χ3v) is 4.23. The van der Waals surface area contributed by atoms with Crippen LogP contribution in [0.3, 0.4) is 0 Å². The van der Waals surface area contributed by atoms with Crippen LogP contribution in [-0.2, 0) is 4.79 Å². The maximum atomic E-state index is 11.9. The van der Waals surface area contributed by atoms with Gasteiger partial charge in [0.1, 0.15) is 0 Å². The van der Waals surface area contributed by atoms with Crippen LogP contribution < -0.4 is 0 Å². The number of amides is 1. The average molecular weight is 254 g/mol. The van der Waals surface area contributed by atoms with Crippen LogP contribution in [0.15, 0.2) is 21.7 Å². The molecule has 3 nitrogen and oxygen atoms in total. The molecule has 0 aromatic carbocycles. The van der Waals surface area contributed by atoms with E-state index in [0.29, 0.717) is 13.0 Å². The first kappa shape index (κ1) is 13.1. The van der Waals surface area contributed by atoms with Crippen molar-refractivity contribution in [1.82, 2.24) is 4.90 Å². The molecule has 1 aromatic heterocycles. The van der Waals surface area contributed by atoms with Gasteiger partial charge in [0.2, 0.25) is 5.91 Å². The Hall–Kier alpha value is -0.990. The van der Waals surface area contributed by atoms with E-state index in [2.05, 4.69) is 0 Å². The fourth-order valence-electron chi connectivity index (χ4n) is 1.19. The standard InChI is InChI=1S/C11H14N2OS2/c1-9(16-10-5-3-8-15-10)11(14)13(2)7-4-6-12/h3,5,8-9H,4,7H2,1-2H3/t9-/m1/s1. The molecule has 0 saturated heterocycles. The molecule has 0 unspecified atom stereocenters. The third kappa shape index (κ3) is 3.87. The number of carbonyl (C=O) groups is 1. The smallest absolute Gasteiger partial charge is 0.235 e.